The minimum atomic E-state index is -0.292. The fourth-order valence-corrected chi connectivity index (χ4v) is 1.01. The molecule has 0 aromatic heterocycles. The first kappa shape index (κ1) is 8.66. The van der Waals surface area contributed by atoms with Gasteiger partial charge < -0.3 is 0 Å². The Morgan fingerprint density at radius 1 is 1.36 bits per heavy atom. The standard InChI is InChI=1S/C7H6ClO2P/c8-7-3-1-6(2-4-7)5-10-11-9/h1-4H,5H2. The Kier molecular flexibility index (Phi) is 3.50. The van der Waals surface area contributed by atoms with Crippen molar-refractivity contribution in [1.82, 2.24) is 0 Å². The van der Waals surface area contributed by atoms with E-state index in [-0.39, 0.29) is 8.69 Å². The van der Waals surface area contributed by atoms with Gasteiger partial charge >= 0.3 is 8.69 Å². The van der Waals surface area contributed by atoms with Crippen LogP contribution < -0.4 is 0 Å². The van der Waals surface area contributed by atoms with E-state index in [1.807, 2.05) is 12.1 Å². The fraction of sp³-hybridized carbons (Fsp3) is 0.143. The molecule has 0 N–H and O–H groups in total. The minimum absolute atomic E-state index is 0.292. The van der Waals surface area contributed by atoms with E-state index in [0.29, 0.717) is 11.6 Å². The van der Waals surface area contributed by atoms with Crippen molar-refractivity contribution in [2.24, 2.45) is 0 Å². The maximum Gasteiger partial charge on any atom is 0.327 e. The molecule has 0 radical (unpaired) electrons. The topological polar surface area (TPSA) is 26.3 Å². The normalized spacial score (nSPS) is 10.3. The molecule has 0 unspecified atom stereocenters. The van der Waals surface area contributed by atoms with Crippen LogP contribution in [0.1, 0.15) is 5.56 Å². The predicted octanol–water partition coefficient (Wildman–Crippen LogP) is 3.06. The highest BCUT2D eigenvalue weighted by atomic mass is 35.5. The van der Waals surface area contributed by atoms with Crippen molar-refractivity contribution < 1.29 is 9.09 Å². The molecule has 0 saturated heterocycles. The van der Waals surface area contributed by atoms with Crippen LogP contribution in [0.25, 0.3) is 0 Å². The lowest BCUT2D eigenvalue weighted by Gasteiger charge is -1.95. The van der Waals surface area contributed by atoms with E-state index >= 15 is 0 Å². The Labute approximate surface area is 71.4 Å². The fourth-order valence-electron chi connectivity index (χ4n) is 0.682. The second-order valence-electron chi connectivity index (χ2n) is 1.97. The molecule has 1 aromatic carbocycles. The van der Waals surface area contributed by atoms with Crippen molar-refractivity contribution >= 4 is 20.3 Å². The average Bonchev–Trinajstić information content (AvgIpc) is 2.04. The molecule has 4 heteroatoms. The first-order chi connectivity index (χ1) is 5.33. The summed E-state index contributed by atoms with van der Waals surface area (Å²) in [5, 5.41) is 0.688. The summed E-state index contributed by atoms with van der Waals surface area (Å²) in [5.74, 6) is 0. The van der Waals surface area contributed by atoms with E-state index < -0.39 is 0 Å². The van der Waals surface area contributed by atoms with Gasteiger partial charge in [-0.2, -0.15) is 0 Å². The molecule has 2 nitrogen and oxygen atoms in total. The lowest BCUT2D eigenvalue weighted by molar-refractivity contribution is 0.332. The Bertz CT molecular complexity index is 235. The van der Waals surface area contributed by atoms with Crippen LogP contribution in [0.3, 0.4) is 0 Å². The lowest BCUT2D eigenvalue weighted by Crippen LogP contribution is -1.81. The Hall–Kier alpha value is -0.430. The molecule has 0 amide bonds. The minimum Gasteiger partial charge on any atom is -0.290 e. The highest BCUT2D eigenvalue weighted by molar-refractivity contribution is 7.17. The van der Waals surface area contributed by atoms with Gasteiger partial charge in [0.25, 0.3) is 0 Å². The van der Waals surface area contributed by atoms with Gasteiger partial charge in [-0.1, -0.05) is 23.7 Å². The first-order valence-electron chi connectivity index (χ1n) is 3.02. The van der Waals surface area contributed by atoms with Crippen molar-refractivity contribution in [2.45, 2.75) is 6.61 Å². The second kappa shape index (κ2) is 4.45. The second-order valence-corrected chi connectivity index (χ2v) is 2.82. The van der Waals surface area contributed by atoms with Gasteiger partial charge in [0.15, 0.2) is 0 Å². The number of hydrogen-bond donors (Lipinski definition) is 0. The largest absolute Gasteiger partial charge is 0.327 e. The highest BCUT2D eigenvalue weighted by Gasteiger charge is 1.91. The summed E-state index contributed by atoms with van der Waals surface area (Å²) in [7, 11) is -0.292. The summed E-state index contributed by atoms with van der Waals surface area (Å²) in [4.78, 5) is 0. The van der Waals surface area contributed by atoms with Gasteiger partial charge in [0.2, 0.25) is 0 Å². The van der Waals surface area contributed by atoms with Gasteiger partial charge in [0.05, 0.1) is 6.61 Å². The molecule has 11 heavy (non-hydrogen) atoms. The molecule has 1 aromatic rings. The van der Waals surface area contributed by atoms with Gasteiger partial charge in [-0.25, -0.2) is 4.57 Å². The maximum absolute atomic E-state index is 9.89. The summed E-state index contributed by atoms with van der Waals surface area (Å²) >= 11 is 5.64. The Balaban J connectivity index is 2.58. The first-order valence-corrected chi connectivity index (χ1v) is 4.13. The van der Waals surface area contributed by atoms with E-state index in [0.717, 1.165) is 5.56 Å². The van der Waals surface area contributed by atoms with Crippen molar-refractivity contribution in [1.29, 1.82) is 0 Å². The molecule has 0 bridgehead atoms. The zero-order valence-electron chi connectivity index (χ0n) is 5.66. The third-order valence-electron chi connectivity index (χ3n) is 1.20. The third-order valence-corrected chi connectivity index (χ3v) is 1.68. The number of hydrogen-bond acceptors (Lipinski definition) is 2. The van der Waals surface area contributed by atoms with Crippen LogP contribution in [0.15, 0.2) is 24.3 Å². The van der Waals surface area contributed by atoms with Crippen LogP contribution in [0.2, 0.25) is 5.02 Å². The molecule has 0 aliphatic heterocycles. The van der Waals surface area contributed by atoms with Crippen LogP contribution in [-0.2, 0) is 15.7 Å². The molecule has 0 saturated carbocycles. The summed E-state index contributed by atoms with van der Waals surface area (Å²) < 4.78 is 14.5. The molecule has 0 aliphatic carbocycles. The SMILES string of the molecule is O=POCc1ccc(Cl)cc1. The summed E-state index contributed by atoms with van der Waals surface area (Å²) in [6.45, 7) is 0.349. The highest BCUT2D eigenvalue weighted by Crippen LogP contribution is 2.11. The number of halogens is 1. The molecule has 1 rings (SSSR count). The molecular weight excluding hydrogens is 183 g/mol. The summed E-state index contributed by atoms with van der Waals surface area (Å²) in [6, 6.07) is 7.19. The quantitative estimate of drug-likeness (QED) is 0.682. The zero-order valence-corrected chi connectivity index (χ0v) is 7.31. The number of benzene rings is 1. The molecule has 0 fully saturated rings. The van der Waals surface area contributed by atoms with Gasteiger partial charge in [-0.05, 0) is 17.7 Å². The van der Waals surface area contributed by atoms with E-state index in [1.54, 1.807) is 12.1 Å². The third kappa shape index (κ3) is 2.98. The van der Waals surface area contributed by atoms with Crippen LogP contribution in [-0.4, -0.2) is 0 Å². The Morgan fingerprint density at radius 3 is 2.55 bits per heavy atom. The molecule has 58 valence electrons. The molecule has 0 heterocycles. The van der Waals surface area contributed by atoms with Crippen LogP contribution in [0.5, 0.6) is 0 Å². The van der Waals surface area contributed by atoms with E-state index in [1.165, 1.54) is 0 Å². The van der Waals surface area contributed by atoms with Crippen LogP contribution in [0.4, 0.5) is 0 Å². The van der Waals surface area contributed by atoms with Gasteiger partial charge in [0, 0.05) is 5.02 Å². The smallest absolute Gasteiger partial charge is 0.290 e. The Morgan fingerprint density at radius 2 is 2.00 bits per heavy atom. The summed E-state index contributed by atoms with van der Waals surface area (Å²) in [6.07, 6.45) is 0. The van der Waals surface area contributed by atoms with Crippen molar-refractivity contribution in [3.05, 3.63) is 34.9 Å². The van der Waals surface area contributed by atoms with E-state index in [4.69, 9.17) is 11.6 Å². The van der Waals surface area contributed by atoms with Gasteiger partial charge in [0.1, 0.15) is 0 Å². The molecule has 0 spiro atoms. The van der Waals surface area contributed by atoms with E-state index in [2.05, 4.69) is 4.52 Å². The molecular formula is C7H6ClO2P. The van der Waals surface area contributed by atoms with Crippen molar-refractivity contribution in [2.75, 3.05) is 0 Å². The zero-order chi connectivity index (χ0) is 8.10. The molecule has 0 atom stereocenters. The van der Waals surface area contributed by atoms with Gasteiger partial charge in [-0.15, -0.1) is 0 Å². The van der Waals surface area contributed by atoms with Crippen LogP contribution in [0, 0.1) is 0 Å². The maximum atomic E-state index is 9.89. The van der Waals surface area contributed by atoms with E-state index in [9.17, 15) is 4.57 Å². The number of rotatable bonds is 3. The summed E-state index contributed by atoms with van der Waals surface area (Å²) in [5.41, 5.74) is 0.956. The average molecular weight is 189 g/mol. The lowest BCUT2D eigenvalue weighted by atomic mass is 10.2. The predicted molar refractivity (Wildman–Crippen MR) is 43.8 cm³/mol. The van der Waals surface area contributed by atoms with Crippen LogP contribution >= 0.6 is 20.3 Å². The van der Waals surface area contributed by atoms with Gasteiger partial charge in [-0.3, -0.25) is 4.52 Å². The van der Waals surface area contributed by atoms with Crippen molar-refractivity contribution in [3.63, 3.8) is 0 Å². The van der Waals surface area contributed by atoms with Crippen molar-refractivity contribution in [3.8, 4) is 0 Å². The molecule has 0 aliphatic rings. The monoisotopic (exact) mass is 188 g/mol.